The van der Waals surface area contributed by atoms with Gasteiger partial charge in [-0.3, -0.25) is 4.79 Å². The molecule has 1 atom stereocenters. The SMILES string of the molecule is CC1CCCN(S(=O)(=O)c2ccc(NC(=O)c3csc(-c4ccsc4)n3)cc2)C1. The molecule has 1 unspecified atom stereocenters. The lowest BCUT2D eigenvalue weighted by Crippen LogP contribution is -2.39. The third-order valence-electron chi connectivity index (χ3n) is 4.87. The van der Waals surface area contributed by atoms with Crippen molar-refractivity contribution in [1.82, 2.24) is 9.29 Å². The van der Waals surface area contributed by atoms with Gasteiger partial charge >= 0.3 is 0 Å². The molecule has 152 valence electrons. The Hall–Kier alpha value is -2.07. The molecule has 1 amide bonds. The molecule has 6 nitrogen and oxygen atoms in total. The first kappa shape index (κ1) is 20.2. The molecule has 3 aromatic rings. The molecule has 1 aliphatic rings. The van der Waals surface area contributed by atoms with E-state index in [0.717, 1.165) is 23.4 Å². The smallest absolute Gasteiger partial charge is 0.275 e. The summed E-state index contributed by atoms with van der Waals surface area (Å²) in [5.41, 5.74) is 1.88. The highest BCUT2D eigenvalue weighted by atomic mass is 32.2. The second-order valence-electron chi connectivity index (χ2n) is 7.14. The summed E-state index contributed by atoms with van der Waals surface area (Å²) in [6.07, 6.45) is 1.94. The molecular weight excluding hydrogens is 426 g/mol. The van der Waals surface area contributed by atoms with Gasteiger partial charge < -0.3 is 5.32 Å². The number of sulfonamides is 1. The van der Waals surface area contributed by atoms with Crippen molar-refractivity contribution in [3.63, 3.8) is 0 Å². The lowest BCUT2D eigenvalue weighted by molar-refractivity contribution is 0.102. The molecule has 2 aromatic heterocycles. The van der Waals surface area contributed by atoms with E-state index in [9.17, 15) is 13.2 Å². The number of anilines is 1. The van der Waals surface area contributed by atoms with E-state index >= 15 is 0 Å². The fourth-order valence-corrected chi connectivity index (χ4v) is 6.43. The summed E-state index contributed by atoms with van der Waals surface area (Å²) < 4.78 is 27.2. The van der Waals surface area contributed by atoms with Crippen molar-refractivity contribution in [1.29, 1.82) is 0 Å². The predicted octanol–water partition coefficient (Wildman–Crippen LogP) is 4.54. The number of nitrogens with zero attached hydrogens (tertiary/aromatic N) is 2. The first-order chi connectivity index (χ1) is 13.9. The maximum Gasteiger partial charge on any atom is 0.275 e. The molecule has 1 saturated heterocycles. The molecule has 1 fully saturated rings. The fraction of sp³-hybridized carbons (Fsp3) is 0.300. The Balaban J connectivity index is 1.45. The number of aromatic nitrogens is 1. The van der Waals surface area contributed by atoms with Crippen molar-refractivity contribution < 1.29 is 13.2 Å². The first-order valence-electron chi connectivity index (χ1n) is 9.33. The van der Waals surface area contributed by atoms with E-state index in [1.807, 2.05) is 16.8 Å². The number of benzene rings is 1. The van der Waals surface area contributed by atoms with Crippen LogP contribution in [0, 0.1) is 5.92 Å². The van der Waals surface area contributed by atoms with Gasteiger partial charge in [0.1, 0.15) is 10.7 Å². The van der Waals surface area contributed by atoms with Crippen LogP contribution in [0.1, 0.15) is 30.3 Å². The van der Waals surface area contributed by atoms with Gasteiger partial charge in [-0.1, -0.05) is 6.92 Å². The first-order valence-corrected chi connectivity index (χ1v) is 12.6. The van der Waals surface area contributed by atoms with Crippen molar-refractivity contribution in [2.24, 2.45) is 5.92 Å². The highest BCUT2D eigenvalue weighted by Gasteiger charge is 2.28. The molecule has 29 heavy (non-hydrogen) atoms. The number of amides is 1. The maximum absolute atomic E-state index is 12.8. The minimum Gasteiger partial charge on any atom is -0.321 e. The Labute approximate surface area is 178 Å². The van der Waals surface area contributed by atoms with Crippen LogP contribution in [0.2, 0.25) is 0 Å². The van der Waals surface area contributed by atoms with E-state index in [0.29, 0.717) is 30.4 Å². The van der Waals surface area contributed by atoms with Gasteiger partial charge in [-0.2, -0.15) is 15.6 Å². The van der Waals surface area contributed by atoms with Crippen LogP contribution in [0.3, 0.4) is 0 Å². The lowest BCUT2D eigenvalue weighted by atomic mass is 10.0. The Kier molecular flexibility index (Phi) is 5.82. The van der Waals surface area contributed by atoms with Gasteiger partial charge in [0.25, 0.3) is 5.91 Å². The summed E-state index contributed by atoms with van der Waals surface area (Å²) in [4.78, 5) is 17.1. The van der Waals surface area contributed by atoms with E-state index in [-0.39, 0.29) is 10.8 Å². The quantitative estimate of drug-likeness (QED) is 0.623. The highest BCUT2D eigenvalue weighted by Crippen LogP contribution is 2.27. The van der Waals surface area contributed by atoms with E-state index in [1.54, 1.807) is 45.3 Å². The van der Waals surface area contributed by atoms with Crippen LogP contribution < -0.4 is 5.32 Å². The van der Waals surface area contributed by atoms with Gasteiger partial charge in [0, 0.05) is 35.1 Å². The summed E-state index contributed by atoms with van der Waals surface area (Å²) in [5.74, 6) is 0.0531. The molecule has 1 N–H and O–H groups in total. The zero-order chi connectivity index (χ0) is 20.4. The molecule has 0 radical (unpaired) electrons. The van der Waals surface area contributed by atoms with Gasteiger partial charge in [0.15, 0.2) is 0 Å². The van der Waals surface area contributed by atoms with Gasteiger partial charge in [0.2, 0.25) is 10.0 Å². The molecule has 3 heterocycles. The minimum absolute atomic E-state index is 0.248. The number of rotatable bonds is 5. The van der Waals surface area contributed by atoms with Crippen LogP contribution in [0.25, 0.3) is 10.6 Å². The van der Waals surface area contributed by atoms with Gasteiger partial charge in [0.05, 0.1) is 4.90 Å². The molecule has 0 saturated carbocycles. The molecule has 0 bridgehead atoms. The summed E-state index contributed by atoms with van der Waals surface area (Å²) >= 11 is 3.00. The van der Waals surface area contributed by atoms with Crippen LogP contribution >= 0.6 is 22.7 Å². The van der Waals surface area contributed by atoms with Gasteiger partial charge in [-0.15, -0.1) is 11.3 Å². The van der Waals surface area contributed by atoms with Gasteiger partial charge in [-0.05, 0) is 54.5 Å². The van der Waals surface area contributed by atoms with Crippen LogP contribution in [-0.2, 0) is 10.0 Å². The Morgan fingerprint density at radius 1 is 1.21 bits per heavy atom. The molecular formula is C20H21N3O3S3. The number of carbonyl (C=O) groups excluding carboxylic acids is 1. The molecule has 0 spiro atoms. The van der Waals surface area contributed by atoms with Crippen LogP contribution in [0.5, 0.6) is 0 Å². The normalized spacial score (nSPS) is 17.9. The summed E-state index contributed by atoms with van der Waals surface area (Å²) in [7, 11) is -3.50. The molecule has 1 aliphatic heterocycles. The standard InChI is InChI=1S/C20H21N3O3S3/c1-14-3-2-9-23(11-14)29(25,26)17-6-4-16(5-7-17)21-19(24)18-13-28-20(22-18)15-8-10-27-12-15/h4-8,10,12-14H,2-3,9,11H2,1H3,(H,21,24). The average Bonchev–Trinajstić information content (AvgIpc) is 3.40. The van der Waals surface area contributed by atoms with Crippen molar-refractivity contribution in [3.8, 4) is 10.6 Å². The fourth-order valence-electron chi connectivity index (χ4n) is 3.32. The second-order valence-corrected chi connectivity index (χ2v) is 10.7. The van der Waals surface area contributed by atoms with Crippen molar-refractivity contribution in [3.05, 3.63) is 52.2 Å². The number of thiophene rings is 1. The van der Waals surface area contributed by atoms with Crippen LogP contribution in [-0.4, -0.2) is 36.7 Å². The average molecular weight is 448 g/mol. The summed E-state index contributed by atoms with van der Waals surface area (Å²) in [5, 5.41) is 9.26. The van der Waals surface area contributed by atoms with Crippen molar-refractivity contribution >= 4 is 44.3 Å². The number of piperidine rings is 1. The molecule has 4 rings (SSSR count). The van der Waals surface area contributed by atoms with E-state index < -0.39 is 10.0 Å². The third kappa shape index (κ3) is 4.42. The van der Waals surface area contributed by atoms with Crippen LogP contribution in [0.15, 0.2) is 51.4 Å². The van der Waals surface area contributed by atoms with Crippen molar-refractivity contribution in [2.75, 3.05) is 18.4 Å². The molecule has 0 aliphatic carbocycles. The van der Waals surface area contributed by atoms with E-state index in [1.165, 1.54) is 11.3 Å². The molecule has 1 aromatic carbocycles. The summed E-state index contributed by atoms with van der Waals surface area (Å²) in [6.45, 7) is 3.18. The Morgan fingerprint density at radius 3 is 2.69 bits per heavy atom. The predicted molar refractivity (Wildman–Crippen MR) is 117 cm³/mol. The van der Waals surface area contributed by atoms with E-state index in [4.69, 9.17) is 0 Å². The minimum atomic E-state index is -3.50. The largest absolute Gasteiger partial charge is 0.321 e. The third-order valence-corrected chi connectivity index (χ3v) is 8.33. The number of nitrogens with one attached hydrogen (secondary N) is 1. The zero-order valence-electron chi connectivity index (χ0n) is 15.9. The number of hydrogen-bond acceptors (Lipinski definition) is 6. The topological polar surface area (TPSA) is 79.4 Å². The van der Waals surface area contributed by atoms with Crippen molar-refractivity contribution in [2.45, 2.75) is 24.7 Å². The maximum atomic E-state index is 12.8. The monoisotopic (exact) mass is 447 g/mol. The highest BCUT2D eigenvalue weighted by molar-refractivity contribution is 7.89. The second kappa shape index (κ2) is 8.35. The molecule has 9 heteroatoms. The number of carbonyl (C=O) groups is 1. The number of thiazole rings is 1. The van der Waals surface area contributed by atoms with Gasteiger partial charge in [-0.25, -0.2) is 13.4 Å². The van der Waals surface area contributed by atoms with Crippen LogP contribution in [0.4, 0.5) is 5.69 Å². The summed E-state index contributed by atoms with van der Waals surface area (Å²) in [6, 6.07) is 8.28. The number of hydrogen-bond donors (Lipinski definition) is 1. The Bertz CT molecular complexity index is 1090. The van der Waals surface area contributed by atoms with E-state index in [2.05, 4.69) is 17.2 Å². The zero-order valence-corrected chi connectivity index (χ0v) is 18.3. The lowest BCUT2D eigenvalue weighted by Gasteiger charge is -2.30. The Morgan fingerprint density at radius 2 is 2.00 bits per heavy atom.